The zero-order valence-corrected chi connectivity index (χ0v) is 8.12. The van der Waals surface area contributed by atoms with Crippen LogP contribution in [0.4, 0.5) is 0 Å². The Morgan fingerprint density at radius 1 is 1.46 bits per heavy atom. The topological polar surface area (TPSA) is 29.1 Å². The average molecular weight is 179 g/mol. The van der Waals surface area contributed by atoms with Gasteiger partial charge in [0.2, 0.25) is 5.91 Å². The lowest BCUT2D eigenvalue weighted by atomic mass is 10.1. The van der Waals surface area contributed by atoms with E-state index in [9.17, 15) is 4.79 Å². The third-order valence-corrected chi connectivity index (χ3v) is 3.30. The van der Waals surface area contributed by atoms with Crippen molar-refractivity contribution in [3.05, 3.63) is 12.2 Å². The van der Waals surface area contributed by atoms with Crippen LogP contribution in [-0.2, 0) is 4.79 Å². The van der Waals surface area contributed by atoms with Gasteiger partial charge in [-0.2, -0.15) is 0 Å². The largest absolute Gasteiger partial charge is 0.359 e. The van der Waals surface area contributed by atoms with Crippen molar-refractivity contribution in [1.82, 2.24) is 5.32 Å². The summed E-state index contributed by atoms with van der Waals surface area (Å²) in [5, 5.41) is 2.75. The molecule has 0 aromatic heterocycles. The zero-order chi connectivity index (χ0) is 9.26. The monoisotopic (exact) mass is 179 g/mol. The minimum absolute atomic E-state index is 0.238. The molecule has 1 amide bonds. The Morgan fingerprint density at radius 2 is 2.31 bits per heavy atom. The molecule has 2 nitrogen and oxygen atoms in total. The molecule has 72 valence electrons. The predicted octanol–water partition coefficient (Wildman–Crippen LogP) is 1.72. The van der Waals surface area contributed by atoms with Crippen molar-refractivity contribution in [2.24, 2.45) is 17.8 Å². The van der Waals surface area contributed by atoms with Gasteiger partial charge in [-0.15, -0.1) is 0 Å². The molecule has 3 unspecified atom stereocenters. The third-order valence-electron chi connectivity index (χ3n) is 3.30. The van der Waals surface area contributed by atoms with Crippen LogP contribution in [0, 0.1) is 17.8 Å². The van der Waals surface area contributed by atoms with Crippen LogP contribution < -0.4 is 5.32 Å². The number of hydrogen-bond acceptors (Lipinski definition) is 1. The smallest absolute Gasteiger partial charge is 0.223 e. The molecule has 1 saturated carbocycles. The summed E-state index contributed by atoms with van der Waals surface area (Å²) in [5.74, 6) is 1.73. The summed E-state index contributed by atoms with van der Waals surface area (Å²) in [6, 6.07) is 0. The Hall–Kier alpha value is -0.790. The normalized spacial score (nSPS) is 39.6. The number of amides is 1. The average Bonchev–Trinajstić information content (AvgIpc) is 2.75. The minimum Gasteiger partial charge on any atom is -0.359 e. The Kier molecular flexibility index (Phi) is 2.38. The molecule has 0 spiro atoms. The first-order valence-corrected chi connectivity index (χ1v) is 5.23. The van der Waals surface area contributed by atoms with E-state index in [1.54, 1.807) is 7.05 Å². The van der Waals surface area contributed by atoms with Crippen molar-refractivity contribution >= 4 is 5.91 Å². The van der Waals surface area contributed by atoms with Crippen LogP contribution in [0.2, 0.25) is 0 Å². The van der Waals surface area contributed by atoms with Crippen LogP contribution in [-0.4, -0.2) is 13.0 Å². The van der Waals surface area contributed by atoms with E-state index in [1.807, 2.05) is 0 Å². The Morgan fingerprint density at radius 3 is 3.08 bits per heavy atom. The summed E-state index contributed by atoms with van der Waals surface area (Å²) in [5.41, 5.74) is 0. The van der Waals surface area contributed by atoms with E-state index < -0.39 is 0 Å². The van der Waals surface area contributed by atoms with Gasteiger partial charge >= 0.3 is 0 Å². The second-order valence-corrected chi connectivity index (χ2v) is 4.09. The SMILES string of the molecule is CNC(=O)C1C2/C=C/CCCCC21. The maximum absolute atomic E-state index is 11.4. The maximum Gasteiger partial charge on any atom is 0.223 e. The first-order valence-electron chi connectivity index (χ1n) is 5.23. The van der Waals surface area contributed by atoms with Crippen LogP contribution in [0.15, 0.2) is 12.2 Å². The third kappa shape index (κ3) is 1.62. The zero-order valence-electron chi connectivity index (χ0n) is 8.12. The highest BCUT2D eigenvalue weighted by Crippen LogP contribution is 2.51. The van der Waals surface area contributed by atoms with E-state index in [0.29, 0.717) is 17.8 Å². The summed E-state index contributed by atoms with van der Waals surface area (Å²) < 4.78 is 0. The van der Waals surface area contributed by atoms with Gasteiger partial charge in [0.25, 0.3) is 0 Å². The van der Waals surface area contributed by atoms with Gasteiger partial charge in [0.15, 0.2) is 0 Å². The summed E-state index contributed by atoms with van der Waals surface area (Å²) in [6.07, 6.45) is 9.53. The molecule has 0 aromatic carbocycles. The molecule has 0 heterocycles. The van der Waals surface area contributed by atoms with Gasteiger partial charge in [0, 0.05) is 13.0 Å². The molecule has 2 aliphatic carbocycles. The van der Waals surface area contributed by atoms with Crippen LogP contribution in [0.25, 0.3) is 0 Å². The Balaban J connectivity index is 2.00. The maximum atomic E-state index is 11.4. The summed E-state index contributed by atoms with van der Waals surface area (Å²) in [4.78, 5) is 11.4. The van der Waals surface area contributed by atoms with Crippen molar-refractivity contribution in [2.45, 2.75) is 25.7 Å². The standard InChI is InChI=1S/C11H17NO/c1-12-11(13)10-8-6-4-2-3-5-7-9(8)10/h4,6,8-10H,2-3,5,7H2,1H3,(H,12,13)/b6-4+. The molecule has 1 fully saturated rings. The molecule has 3 atom stereocenters. The number of hydrogen-bond donors (Lipinski definition) is 1. The lowest BCUT2D eigenvalue weighted by Crippen LogP contribution is -2.21. The molecule has 2 rings (SSSR count). The van der Waals surface area contributed by atoms with Crippen LogP contribution in [0.5, 0.6) is 0 Å². The summed E-state index contributed by atoms with van der Waals surface area (Å²) in [7, 11) is 1.73. The van der Waals surface area contributed by atoms with Crippen LogP contribution in [0.1, 0.15) is 25.7 Å². The molecule has 0 radical (unpaired) electrons. The first kappa shape index (κ1) is 8.79. The van der Waals surface area contributed by atoms with Gasteiger partial charge in [0.05, 0.1) is 0 Å². The second-order valence-electron chi connectivity index (χ2n) is 4.09. The van der Waals surface area contributed by atoms with E-state index in [2.05, 4.69) is 17.5 Å². The molecular weight excluding hydrogens is 162 g/mol. The molecule has 13 heavy (non-hydrogen) atoms. The van der Waals surface area contributed by atoms with Gasteiger partial charge < -0.3 is 5.32 Å². The molecule has 0 saturated heterocycles. The molecule has 0 bridgehead atoms. The number of fused-ring (bicyclic) bond motifs is 1. The van der Waals surface area contributed by atoms with Crippen molar-refractivity contribution in [3.63, 3.8) is 0 Å². The lowest BCUT2D eigenvalue weighted by molar-refractivity contribution is -0.122. The fourth-order valence-electron chi connectivity index (χ4n) is 2.47. The van der Waals surface area contributed by atoms with Crippen molar-refractivity contribution < 1.29 is 4.79 Å². The second kappa shape index (κ2) is 3.52. The Bertz CT molecular complexity index is 234. The number of allylic oxidation sites excluding steroid dienone is 2. The number of rotatable bonds is 1. The fraction of sp³-hybridized carbons (Fsp3) is 0.727. The van der Waals surface area contributed by atoms with Crippen LogP contribution in [0.3, 0.4) is 0 Å². The number of nitrogens with one attached hydrogen (secondary N) is 1. The van der Waals surface area contributed by atoms with E-state index in [1.165, 1.54) is 25.7 Å². The summed E-state index contributed by atoms with van der Waals surface area (Å²) in [6.45, 7) is 0. The quantitative estimate of drug-likeness (QED) is 0.610. The van der Waals surface area contributed by atoms with E-state index >= 15 is 0 Å². The van der Waals surface area contributed by atoms with E-state index in [-0.39, 0.29) is 5.91 Å². The predicted molar refractivity (Wildman–Crippen MR) is 52.1 cm³/mol. The highest BCUT2D eigenvalue weighted by atomic mass is 16.2. The number of carbonyl (C=O) groups excluding carboxylic acids is 1. The van der Waals surface area contributed by atoms with Gasteiger partial charge in [0.1, 0.15) is 0 Å². The van der Waals surface area contributed by atoms with Crippen LogP contribution >= 0.6 is 0 Å². The van der Waals surface area contributed by atoms with Gasteiger partial charge in [-0.1, -0.05) is 18.6 Å². The fourth-order valence-corrected chi connectivity index (χ4v) is 2.47. The van der Waals surface area contributed by atoms with Crippen molar-refractivity contribution in [2.75, 3.05) is 7.05 Å². The van der Waals surface area contributed by atoms with Gasteiger partial charge in [-0.05, 0) is 31.1 Å². The van der Waals surface area contributed by atoms with Crippen molar-refractivity contribution in [3.8, 4) is 0 Å². The first-order chi connectivity index (χ1) is 6.34. The highest BCUT2D eigenvalue weighted by Gasteiger charge is 2.51. The minimum atomic E-state index is 0.238. The summed E-state index contributed by atoms with van der Waals surface area (Å²) >= 11 is 0. The molecule has 0 aliphatic heterocycles. The molecule has 0 aromatic rings. The lowest BCUT2D eigenvalue weighted by Gasteiger charge is -2.00. The van der Waals surface area contributed by atoms with Crippen molar-refractivity contribution in [1.29, 1.82) is 0 Å². The number of carbonyl (C=O) groups is 1. The molecule has 2 heteroatoms. The van der Waals surface area contributed by atoms with E-state index in [4.69, 9.17) is 0 Å². The molecular formula is C11H17NO. The van der Waals surface area contributed by atoms with Gasteiger partial charge in [-0.3, -0.25) is 4.79 Å². The van der Waals surface area contributed by atoms with Gasteiger partial charge in [-0.25, -0.2) is 0 Å². The molecule has 1 N–H and O–H groups in total. The molecule has 2 aliphatic rings. The Labute approximate surface area is 79.4 Å². The highest BCUT2D eigenvalue weighted by molar-refractivity contribution is 5.82. The van der Waals surface area contributed by atoms with E-state index in [0.717, 1.165) is 0 Å².